The van der Waals surface area contributed by atoms with Crippen molar-refractivity contribution >= 4 is 16.0 Å². The summed E-state index contributed by atoms with van der Waals surface area (Å²) in [5, 5.41) is 6.25. The normalized spacial score (nSPS) is 13.2. The fraction of sp³-hybridized carbons (Fsp3) is 0.350. The van der Waals surface area contributed by atoms with E-state index in [1.807, 2.05) is 6.92 Å². The molecule has 0 aliphatic rings. The van der Waals surface area contributed by atoms with Crippen LogP contribution >= 0.6 is 0 Å². The van der Waals surface area contributed by atoms with E-state index in [-0.39, 0.29) is 23.4 Å². The van der Waals surface area contributed by atoms with Crippen LogP contribution in [0.25, 0.3) is 0 Å². The zero-order valence-corrected chi connectivity index (χ0v) is 17.8. The second kappa shape index (κ2) is 10.2. The number of halogens is 1. The minimum atomic E-state index is -3.54. The molecule has 158 valence electrons. The molecule has 2 aromatic rings. The summed E-state index contributed by atoms with van der Waals surface area (Å²) in [6.07, 6.45) is -0.194. The molecule has 2 aromatic carbocycles. The summed E-state index contributed by atoms with van der Waals surface area (Å²) in [5.41, 5.74) is 0.639. The smallest absolute Gasteiger partial charge is 0.242 e. The van der Waals surface area contributed by atoms with Gasteiger partial charge in [0, 0.05) is 27.7 Å². The predicted molar refractivity (Wildman–Crippen MR) is 112 cm³/mol. The van der Waals surface area contributed by atoms with E-state index < -0.39 is 10.0 Å². The number of sulfonamides is 1. The summed E-state index contributed by atoms with van der Waals surface area (Å²) in [6.45, 7) is 2.62. The van der Waals surface area contributed by atoms with Crippen LogP contribution in [0.4, 0.5) is 4.39 Å². The Morgan fingerprint density at radius 3 is 2.41 bits per heavy atom. The predicted octanol–water partition coefficient (Wildman–Crippen LogP) is 2.21. The highest BCUT2D eigenvalue weighted by molar-refractivity contribution is 7.89. The zero-order valence-electron chi connectivity index (χ0n) is 17.0. The summed E-state index contributed by atoms with van der Waals surface area (Å²) >= 11 is 0. The number of benzene rings is 2. The lowest BCUT2D eigenvalue weighted by Crippen LogP contribution is -2.41. The lowest BCUT2D eigenvalue weighted by molar-refractivity contribution is 0.223. The molecule has 0 radical (unpaired) electrons. The SMILES string of the molecule is CN=C(NCc1ccccc1S(=O)(=O)N(C)C)NCC(C)Oc1ccc(F)cc1. The van der Waals surface area contributed by atoms with Gasteiger partial charge in [-0.3, -0.25) is 4.99 Å². The molecule has 9 heteroatoms. The molecule has 0 heterocycles. The van der Waals surface area contributed by atoms with Gasteiger partial charge < -0.3 is 15.4 Å². The van der Waals surface area contributed by atoms with Crippen molar-refractivity contribution in [3.63, 3.8) is 0 Å². The Bertz CT molecular complexity index is 931. The largest absolute Gasteiger partial charge is 0.489 e. The minimum absolute atomic E-state index is 0.194. The van der Waals surface area contributed by atoms with Crippen LogP contribution in [0.2, 0.25) is 0 Å². The number of ether oxygens (including phenoxy) is 1. The molecular formula is C20H27FN4O3S. The summed E-state index contributed by atoms with van der Waals surface area (Å²) < 4.78 is 44.8. The van der Waals surface area contributed by atoms with Gasteiger partial charge in [-0.15, -0.1) is 0 Å². The first kappa shape index (κ1) is 22.6. The van der Waals surface area contributed by atoms with Crippen molar-refractivity contribution in [2.45, 2.75) is 24.5 Å². The Morgan fingerprint density at radius 2 is 1.79 bits per heavy atom. The third-order valence-corrected chi connectivity index (χ3v) is 6.02. The van der Waals surface area contributed by atoms with Gasteiger partial charge in [-0.1, -0.05) is 18.2 Å². The molecule has 0 amide bonds. The second-order valence-electron chi connectivity index (χ2n) is 6.58. The molecule has 0 aliphatic heterocycles. The van der Waals surface area contributed by atoms with Gasteiger partial charge >= 0.3 is 0 Å². The number of hydrogen-bond donors (Lipinski definition) is 2. The van der Waals surface area contributed by atoms with Crippen LogP contribution in [0.3, 0.4) is 0 Å². The lowest BCUT2D eigenvalue weighted by atomic mass is 10.2. The summed E-state index contributed by atoms with van der Waals surface area (Å²) in [6, 6.07) is 12.7. The highest BCUT2D eigenvalue weighted by Crippen LogP contribution is 2.18. The van der Waals surface area contributed by atoms with Gasteiger partial charge in [-0.25, -0.2) is 17.1 Å². The fourth-order valence-electron chi connectivity index (χ4n) is 2.53. The fourth-order valence-corrected chi connectivity index (χ4v) is 3.64. The van der Waals surface area contributed by atoms with Crippen molar-refractivity contribution in [2.24, 2.45) is 4.99 Å². The molecule has 0 spiro atoms. The van der Waals surface area contributed by atoms with Gasteiger partial charge in [0.15, 0.2) is 5.96 Å². The maximum atomic E-state index is 13.0. The van der Waals surface area contributed by atoms with Crippen LogP contribution in [0.15, 0.2) is 58.4 Å². The number of guanidine groups is 1. The molecule has 0 saturated carbocycles. The van der Waals surface area contributed by atoms with Gasteiger partial charge in [0.1, 0.15) is 17.7 Å². The van der Waals surface area contributed by atoms with Crippen LogP contribution < -0.4 is 15.4 Å². The number of hydrogen-bond acceptors (Lipinski definition) is 4. The van der Waals surface area contributed by atoms with Crippen LogP contribution in [0.5, 0.6) is 5.75 Å². The Kier molecular flexibility index (Phi) is 7.98. The number of rotatable bonds is 8. The molecule has 0 aliphatic carbocycles. The molecule has 0 fully saturated rings. The van der Waals surface area contributed by atoms with Gasteiger partial charge in [-0.05, 0) is 42.8 Å². The lowest BCUT2D eigenvalue weighted by Gasteiger charge is -2.19. The van der Waals surface area contributed by atoms with Crippen molar-refractivity contribution in [2.75, 3.05) is 27.7 Å². The average Bonchev–Trinajstić information content (AvgIpc) is 2.70. The Hall–Kier alpha value is -2.65. The van der Waals surface area contributed by atoms with Gasteiger partial charge in [0.2, 0.25) is 10.0 Å². The molecule has 1 atom stereocenters. The summed E-state index contributed by atoms with van der Waals surface area (Å²) in [5.74, 6) is 0.771. The minimum Gasteiger partial charge on any atom is -0.489 e. The third-order valence-electron chi connectivity index (χ3n) is 4.11. The molecular weight excluding hydrogens is 395 g/mol. The van der Waals surface area contributed by atoms with E-state index in [4.69, 9.17) is 4.74 Å². The van der Waals surface area contributed by atoms with Crippen molar-refractivity contribution in [3.05, 3.63) is 59.9 Å². The zero-order chi connectivity index (χ0) is 21.4. The first-order valence-electron chi connectivity index (χ1n) is 9.11. The summed E-state index contributed by atoms with van der Waals surface area (Å²) in [4.78, 5) is 4.40. The maximum absolute atomic E-state index is 13.0. The van der Waals surface area contributed by atoms with Crippen LogP contribution in [0, 0.1) is 5.82 Å². The summed E-state index contributed by atoms with van der Waals surface area (Å²) in [7, 11) is 1.09. The van der Waals surface area contributed by atoms with Gasteiger partial charge in [0.25, 0.3) is 0 Å². The average molecular weight is 423 g/mol. The highest BCUT2D eigenvalue weighted by atomic mass is 32.2. The van der Waals surface area contributed by atoms with Crippen molar-refractivity contribution in [1.29, 1.82) is 0 Å². The van der Waals surface area contributed by atoms with Gasteiger partial charge in [0.05, 0.1) is 11.4 Å². The maximum Gasteiger partial charge on any atom is 0.242 e. The Balaban J connectivity index is 1.94. The van der Waals surface area contributed by atoms with E-state index in [0.717, 1.165) is 0 Å². The van der Waals surface area contributed by atoms with E-state index in [0.29, 0.717) is 23.8 Å². The highest BCUT2D eigenvalue weighted by Gasteiger charge is 2.20. The van der Waals surface area contributed by atoms with E-state index in [2.05, 4.69) is 15.6 Å². The number of nitrogens with one attached hydrogen (secondary N) is 2. The second-order valence-corrected chi connectivity index (χ2v) is 8.70. The molecule has 1 unspecified atom stereocenters. The Labute approximate surface area is 171 Å². The van der Waals surface area contributed by atoms with E-state index in [1.54, 1.807) is 43.4 Å². The van der Waals surface area contributed by atoms with Crippen molar-refractivity contribution in [3.8, 4) is 5.75 Å². The van der Waals surface area contributed by atoms with Crippen LogP contribution in [-0.4, -0.2) is 52.5 Å². The van der Waals surface area contributed by atoms with E-state index in [1.165, 1.54) is 30.5 Å². The van der Waals surface area contributed by atoms with E-state index in [9.17, 15) is 12.8 Å². The van der Waals surface area contributed by atoms with E-state index >= 15 is 0 Å². The first-order valence-corrected chi connectivity index (χ1v) is 10.5. The molecule has 7 nitrogen and oxygen atoms in total. The van der Waals surface area contributed by atoms with Crippen LogP contribution in [0.1, 0.15) is 12.5 Å². The van der Waals surface area contributed by atoms with Crippen LogP contribution in [-0.2, 0) is 16.6 Å². The topological polar surface area (TPSA) is 83.0 Å². The molecule has 0 saturated heterocycles. The standard InChI is InChI=1S/C20H27FN4O3S/c1-15(28-18-11-9-17(21)10-12-18)13-23-20(22-2)24-14-16-7-5-6-8-19(16)29(26,27)25(3)4/h5-12,15H,13-14H2,1-4H3,(H2,22,23,24). The molecule has 29 heavy (non-hydrogen) atoms. The molecule has 0 aromatic heterocycles. The molecule has 2 N–H and O–H groups in total. The number of aliphatic imine (C=N–C) groups is 1. The number of nitrogens with zero attached hydrogens (tertiary/aromatic N) is 2. The third kappa shape index (κ3) is 6.43. The first-order chi connectivity index (χ1) is 13.7. The quantitative estimate of drug-likeness (QED) is 0.503. The Morgan fingerprint density at radius 1 is 1.14 bits per heavy atom. The van der Waals surface area contributed by atoms with Gasteiger partial charge in [-0.2, -0.15) is 0 Å². The molecule has 2 rings (SSSR count). The van der Waals surface area contributed by atoms with Crippen molar-refractivity contribution < 1.29 is 17.5 Å². The monoisotopic (exact) mass is 422 g/mol. The van der Waals surface area contributed by atoms with Crippen molar-refractivity contribution in [1.82, 2.24) is 14.9 Å². The molecule has 0 bridgehead atoms.